The van der Waals surface area contributed by atoms with E-state index in [0.717, 1.165) is 0 Å². The highest BCUT2D eigenvalue weighted by Gasteiger charge is 2.52. The molecular formula is C29H29Cl2N3O5. The number of hydrogen-bond donors (Lipinski definition) is 5. The van der Waals surface area contributed by atoms with Crippen molar-refractivity contribution in [3.8, 4) is 16.9 Å². The summed E-state index contributed by atoms with van der Waals surface area (Å²) in [6.45, 7) is 3.96. The van der Waals surface area contributed by atoms with E-state index >= 15 is 0 Å². The average molecular weight is 570 g/mol. The van der Waals surface area contributed by atoms with Gasteiger partial charge in [0.2, 0.25) is 0 Å². The Morgan fingerprint density at radius 1 is 1.13 bits per heavy atom. The molecule has 5 rings (SSSR count). The van der Waals surface area contributed by atoms with E-state index in [1.54, 1.807) is 43.3 Å². The molecule has 7 N–H and O–H groups in total. The second kappa shape index (κ2) is 9.71. The molecular weight excluding hydrogens is 541 g/mol. The molecule has 0 saturated carbocycles. The van der Waals surface area contributed by atoms with Gasteiger partial charge < -0.3 is 26.8 Å². The fraction of sp³-hybridized carbons (Fsp3) is 0.310. The van der Waals surface area contributed by atoms with Crippen LogP contribution in [0.15, 0.2) is 59.1 Å². The zero-order valence-electron chi connectivity index (χ0n) is 21.5. The van der Waals surface area contributed by atoms with Gasteiger partial charge in [0.1, 0.15) is 17.3 Å². The molecule has 0 saturated heterocycles. The molecule has 0 aromatic heterocycles. The van der Waals surface area contributed by atoms with E-state index in [1.165, 1.54) is 0 Å². The Kier molecular flexibility index (Phi) is 6.79. The Morgan fingerprint density at radius 2 is 1.82 bits per heavy atom. The van der Waals surface area contributed by atoms with Gasteiger partial charge >= 0.3 is 0 Å². The molecule has 0 aliphatic heterocycles. The number of Topliss-reactive ketones (excluding diaryl/α,β-unsaturated/α-hetero) is 1. The highest BCUT2D eigenvalue weighted by atomic mass is 35.5. The molecule has 2 aromatic carbocycles. The van der Waals surface area contributed by atoms with Gasteiger partial charge in [0, 0.05) is 23.6 Å². The maximum absolute atomic E-state index is 14.1. The lowest BCUT2D eigenvalue weighted by atomic mass is 9.59. The molecule has 39 heavy (non-hydrogen) atoms. The molecule has 2 aromatic rings. The molecule has 3 aliphatic carbocycles. The number of nitrogens with two attached hydrogens (primary N) is 2. The van der Waals surface area contributed by atoms with Crippen LogP contribution in [-0.4, -0.2) is 52.0 Å². The molecule has 0 bridgehead atoms. The number of aliphatic hydroxyl groups is 2. The van der Waals surface area contributed by atoms with Crippen LogP contribution in [0.4, 0.5) is 0 Å². The van der Waals surface area contributed by atoms with Gasteiger partial charge in [-0.3, -0.25) is 14.5 Å². The highest BCUT2D eigenvalue weighted by Crippen LogP contribution is 2.54. The van der Waals surface area contributed by atoms with Crippen molar-refractivity contribution in [3.05, 3.63) is 85.8 Å². The van der Waals surface area contributed by atoms with E-state index in [1.807, 2.05) is 0 Å². The van der Waals surface area contributed by atoms with Crippen molar-refractivity contribution < 1.29 is 24.9 Å². The molecule has 4 atom stereocenters. The summed E-state index contributed by atoms with van der Waals surface area (Å²) in [6.07, 6.45) is 0.741. The zero-order chi connectivity index (χ0) is 28.5. The number of benzene rings is 2. The molecule has 0 fully saturated rings. The first kappa shape index (κ1) is 27.3. The molecule has 8 nitrogen and oxygen atoms in total. The highest BCUT2D eigenvalue weighted by molar-refractivity contribution is 6.42. The second-order valence-corrected chi connectivity index (χ2v) is 11.4. The molecule has 3 unspecified atom stereocenters. The van der Waals surface area contributed by atoms with Gasteiger partial charge in [-0.25, -0.2) is 0 Å². The number of likely N-dealkylation sites (N-methyl/N-ethyl adjacent to an activating group) is 1. The van der Waals surface area contributed by atoms with Crippen molar-refractivity contribution in [3.63, 3.8) is 0 Å². The van der Waals surface area contributed by atoms with Gasteiger partial charge in [-0.2, -0.15) is 0 Å². The third-order valence-corrected chi connectivity index (χ3v) is 9.00. The number of aliphatic hydroxyl groups excluding tert-OH is 2. The number of aromatic hydroxyl groups is 1. The van der Waals surface area contributed by atoms with Crippen LogP contribution >= 0.6 is 23.2 Å². The average Bonchev–Trinajstić information content (AvgIpc) is 2.85. The third-order valence-electron chi connectivity index (χ3n) is 8.26. The first-order valence-electron chi connectivity index (χ1n) is 12.5. The number of allylic oxidation sites excluding steroid dienone is 2. The topological polar surface area (TPSA) is 150 Å². The number of primary amides is 1. The fourth-order valence-corrected chi connectivity index (χ4v) is 6.95. The Balaban J connectivity index is 1.73. The molecule has 3 aliphatic rings. The van der Waals surface area contributed by atoms with E-state index in [9.17, 15) is 24.9 Å². The summed E-state index contributed by atoms with van der Waals surface area (Å²) in [5, 5.41) is 34.5. The normalized spacial score (nSPS) is 24.6. The van der Waals surface area contributed by atoms with Gasteiger partial charge in [0.25, 0.3) is 5.91 Å². The number of carbonyl (C=O) groups excluding carboxylic acids is 2. The summed E-state index contributed by atoms with van der Waals surface area (Å²) < 4.78 is 0. The number of phenols is 1. The molecule has 0 spiro atoms. The standard InChI is InChI=1S/C29H29Cl2N3O5/c1-11-20-17(24(34(2)3)28(38)21(11)29(33)39)7-13-6-16-15(12-4-5-18(30)19(31)9-12)8-14(10-32)25(35)23(16)27(37)22(13)26(20)36/h4-5,8-9,13,17,20,24,35-36,38H,1,6-7,10,32H2,2-3H3,(H2,33,39)/t13?,17?,20?,24-/m1/s1. The predicted molar refractivity (Wildman–Crippen MR) is 150 cm³/mol. The molecule has 10 heteroatoms. The molecule has 1 amide bonds. The minimum atomic E-state index is -0.862. The van der Waals surface area contributed by atoms with Crippen molar-refractivity contribution in [2.75, 3.05) is 14.1 Å². The minimum Gasteiger partial charge on any atom is -0.511 e. The first-order chi connectivity index (χ1) is 18.4. The van der Waals surface area contributed by atoms with E-state index in [-0.39, 0.29) is 52.0 Å². The van der Waals surface area contributed by atoms with Crippen molar-refractivity contribution >= 4 is 34.9 Å². The van der Waals surface area contributed by atoms with Crippen molar-refractivity contribution in [1.29, 1.82) is 0 Å². The van der Waals surface area contributed by atoms with Crippen molar-refractivity contribution in [2.45, 2.75) is 25.4 Å². The first-order valence-corrected chi connectivity index (χ1v) is 13.2. The Labute approximate surface area is 235 Å². The molecule has 0 radical (unpaired) electrons. The van der Waals surface area contributed by atoms with Crippen LogP contribution in [0.3, 0.4) is 0 Å². The Bertz CT molecular complexity index is 1530. The monoisotopic (exact) mass is 569 g/mol. The van der Waals surface area contributed by atoms with Gasteiger partial charge in [0.05, 0.1) is 27.2 Å². The maximum Gasteiger partial charge on any atom is 0.252 e. The van der Waals surface area contributed by atoms with Crippen LogP contribution in [0.2, 0.25) is 10.0 Å². The number of amides is 1. The Hall–Kier alpha value is -3.30. The van der Waals surface area contributed by atoms with E-state index in [0.29, 0.717) is 45.1 Å². The maximum atomic E-state index is 14.1. The van der Waals surface area contributed by atoms with Crippen LogP contribution in [0.5, 0.6) is 5.75 Å². The molecule has 0 heterocycles. The number of hydrogen-bond acceptors (Lipinski definition) is 7. The number of rotatable bonds is 4. The van der Waals surface area contributed by atoms with Crippen molar-refractivity contribution in [1.82, 2.24) is 4.90 Å². The Morgan fingerprint density at radius 3 is 2.41 bits per heavy atom. The van der Waals surface area contributed by atoms with Crippen LogP contribution in [0.25, 0.3) is 11.1 Å². The quantitative estimate of drug-likeness (QED) is 0.365. The number of carbonyl (C=O) groups is 2. The smallest absolute Gasteiger partial charge is 0.252 e. The lowest BCUT2D eigenvalue weighted by Gasteiger charge is -2.47. The van der Waals surface area contributed by atoms with Crippen LogP contribution in [0, 0.1) is 17.8 Å². The fourth-order valence-electron chi connectivity index (χ4n) is 6.65. The summed E-state index contributed by atoms with van der Waals surface area (Å²) in [6, 6.07) is 6.26. The number of phenolic OH excluding ortho intramolecular Hbond substituents is 1. The van der Waals surface area contributed by atoms with E-state index < -0.39 is 29.6 Å². The summed E-state index contributed by atoms with van der Waals surface area (Å²) >= 11 is 12.4. The lowest BCUT2D eigenvalue weighted by molar-refractivity contribution is -0.114. The largest absolute Gasteiger partial charge is 0.511 e. The number of ketones is 1. The second-order valence-electron chi connectivity index (χ2n) is 10.6. The lowest BCUT2D eigenvalue weighted by Crippen LogP contribution is -2.50. The summed E-state index contributed by atoms with van der Waals surface area (Å²) in [7, 11) is 3.52. The predicted octanol–water partition coefficient (Wildman–Crippen LogP) is 4.43. The zero-order valence-corrected chi connectivity index (χ0v) is 23.0. The summed E-state index contributed by atoms with van der Waals surface area (Å²) in [5.41, 5.74) is 14.2. The van der Waals surface area contributed by atoms with Crippen LogP contribution in [0.1, 0.15) is 27.9 Å². The van der Waals surface area contributed by atoms with Crippen LogP contribution < -0.4 is 11.5 Å². The number of fused-ring (bicyclic) bond motifs is 3. The van der Waals surface area contributed by atoms with Gasteiger partial charge in [-0.1, -0.05) is 35.8 Å². The number of halogens is 2. The van der Waals surface area contributed by atoms with Crippen LogP contribution in [-0.2, 0) is 17.8 Å². The van der Waals surface area contributed by atoms with Crippen molar-refractivity contribution in [2.24, 2.45) is 29.2 Å². The van der Waals surface area contributed by atoms with E-state index in [2.05, 4.69) is 6.58 Å². The third kappa shape index (κ3) is 4.05. The number of nitrogens with zero attached hydrogens (tertiary/aromatic N) is 1. The molecule has 204 valence electrons. The van der Waals surface area contributed by atoms with Gasteiger partial charge in [-0.15, -0.1) is 0 Å². The SMILES string of the molecule is C=C1C(C(N)=O)=C(O)[C@H](N(C)C)C2CC3Cc4c(-c5ccc(Cl)c(Cl)c5)cc(CN)c(O)c4C(=O)C3=C(O)C12. The summed E-state index contributed by atoms with van der Waals surface area (Å²) in [5.74, 6) is -3.63. The van der Waals surface area contributed by atoms with Gasteiger partial charge in [0.15, 0.2) is 5.78 Å². The van der Waals surface area contributed by atoms with E-state index in [4.69, 9.17) is 34.7 Å². The minimum absolute atomic E-state index is 0.0206. The van der Waals surface area contributed by atoms with Gasteiger partial charge in [-0.05, 0) is 79.2 Å². The summed E-state index contributed by atoms with van der Waals surface area (Å²) in [4.78, 5) is 28.1.